The number of nitrogens with zero attached hydrogens (tertiary/aromatic N) is 1. The molecule has 1 saturated carbocycles. The van der Waals surface area contributed by atoms with Crippen LogP contribution >= 0.6 is 38.5 Å². The van der Waals surface area contributed by atoms with Gasteiger partial charge < -0.3 is 4.74 Å². The van der Waals surface area contributed by atoms with Crippen LogP contribution in [0.3, 0.4) is 0 Å². The Kier molecular flexibility index (Phi) is 6.33. The highest BCUT2D eigenvalue weighted by Gasteiger charge is 2.28. The molecule has 2 aromatic carbocycles. The predicted molar refractivity (Wildman–Crippen MR) is 110 cm³/mol. The number of ether oxygens (including phenoxy) is 1. The highest BCUT2D eigenvalue weighted by Crippen LogP contribution is 2.45. The zero-order chi connectivity index (χ0) is 17.8. The Bertz CT molecular complexity index is 761. The average Bonchev–Trinajstić information content (AvgIpc) is 2.64. The first-order valence-corrected chi connectivity index (χ1v) is 10.3. The molecule has 0 N–H and O–H groups in total. The van der Waals surface area contributed by atoms with Gasteiger partial charge in [0.25, 0.3) is 5.69 Å². The third kappa shape index (κ3) is 4.34. The van der Waals surface area contributed by atoms with Crippen molar-refractivity contribution in [2.45, 2.75) is 44.6 Å². The number of benzene rings is 2. The lowest BCUT2D eigenvalue weighted by Gasteiger charge is -2.26. The molecule has 0 spiro atoms. The lowest BCUT2D eigenvalue weighted by atomic mass is 9.83. The highest BCUT2D eigenvalue weighted by atomic mass is 127. The first-order valence-electron chi connectivity index (χ1n) is 8.41. The van der Waals surface area contributed by atoms with Crippen molar-refractivity contribution in [2.24, 2.45) is 0 Å². The Balaban J connectivity index is 1.98. The maximum absolute atomic E-state index is 11.4. The summed E-state index contributed by atoms with van der Waals surface area (Å²) >= 11 is 5.64. The quantitative estimate of drug-likeness (QED) is 0.256. The molecule has 0 atom stereocenters. The molecular formula is C19H19BrINO3. The second-order valence-electron chi connectivity index (χ2n) is 6.30. The smallest absolute Gasteiger partial charge is 0.288 e. The van der Waals surface area contributed by atoms with E-state index < -0.39 is 0 Å². The van der Waals surface area contributed by atoms with E-state index in [1.54, 1.807) is 6.07 Å². The first kappa shape index (κ1) is 18.6. The molecule has 0 amide bonds. The van der Waals surface area contributed by atoms with Crippen molar-refractivity contribution in [3.63, 3.8) is 0 Å². The highest BCUT2D eigenvalue weighted by molar-refractivity contribution is 14.1. The van der Waals surface area contributed by atoms with Crippen LogP contribution in [0.5, 0.6) is 5.75 Å². The van der Waals surface area contributed by atoms with E-state index in [1.165, 1.54) is 19.3 Å². The van der Waals surface area contributed by atoms with Gasteiger partial charge in [-0.05, 0) is 62.8 Å². The fraction of sp³-hybridized carbons (Fsp3) is 0.368. The Labute approximate surface area is 169 Å². The number of hydrogen-bond acceptors (Lipinski definition) is 3. The van der Waals surface area contributed by atoms with E-state index in [0.29, 0.717) is 22.7 Å². The van der Waals surface area contributed by atoms with E-state index in [9.17, 15) is 10.1 Å². The second kappa shape index (κ2) is 8.49. The zero-order valence-corrected chi connectivity index (χ0v) is 17.5. The van der Waals surface area contributed by atoms with Gasteiger partial charge in [0.05, 0.1) is 11.0 Å². The van der Waals surface area contributed by atoms with Crippen molar-refractivity contribution in [1.29, 1.82) is 0 Å². The Morgan fingerprint density at radius 2 is 1.88 bits per heavy atom. The summed E-state index contributed by atoms with van der Waals surface area (Å²) in [5.74, 6) is 1.05. The average molecular weight is 516 g/mol. The van der Waals surface area contributed by atoms with Crippen LogP contribution in [0.4, 0.5) is 5.69 Å². The molecule has 2 aromatic rings. The molecule has 0 aliphatic heterocycles. The number of halogens is 2. The van der Waals surface area contributed by atoms with Gasteiger partial charge in [-0.15, -0.1) is 0 Å². The zero-order valence-electron chi connectivity index (χ0n) is 13.7. The fourth-order valence-electron chi connectivity index (χ4n) is 3.36. The predicted octanol–water partition coefficient (Wildman–Crippen LogP) is 6.59. The van der Waals surface area contributed by atoms with E-state index in [2.05, 4.69) is 38.5 Å². The molecule has 0 saturated heterocycles. The van der Waals surface area contributed by atoms with Gasteiger partial charge in [-0.2, -0.15) is 0 Å². The summed E-state index contributed by atoms with van der Waals surface area (Å²) in [5, 5.41) is 11.4. The maximum Gasteiger partial charge on any atom is 0.288 e. The molecule has 6 heteroatoms. The Morgan fingerprint density at radius 3 is 2.52 bits per heavy atom. The monoisotopic (exact) mass is 515 g/mol. The second-order valence-corrected chi connectivity index (χ2v) is 8.17. The molecule has 0 heterocycles. The van der Waals surface area contributed by atoms with Gasteiger partial charge in [-0.1, -0.05) is 49.6 Å². The number of nitro benzene ring substituents is 1. The van der Waals surface area contributed by atoms with Crippen LogP contribution in [0.1, 0.15) is 49.1 Å². The van der Waals surface area contributed by atoms with Crippen molar-refractivity contribution in [1.82, 2.24) is 0 Å². The van der Waals surface area contributed by atoms with Crippen LogP contribution in [-0.4, -0.2) is 4.92 Å². The van der Waals surface area contributed by atoms with E-state index in [1.807, 2.05) is 30.3 Å². The summed E-state index contributed by atoms with van der Waals surface area (Å²) in [6, 6.07) is 11.5. The first-order chi connectivity index (χ1) is 12.1. The van der Waals surface area contributed by atoms with Gasteiger partial charge in [0.1, 0.15) is 16.8 Å². The van der Waals surface area contributed by atoms with E-state index in [4.69, 9.17) is 4.74 Å². The number of nitro groups is 1. The Morgan fingerprint density at radius 1 is 1.20 bits per heavy atom. The summed E-state index contributed by atoms with van der Waals surface area (Å²) in [5.41, 5.74) is 2.23. The number of rotatable bonds is 5. The van der Waals surface area contributed by atoms with Crippen LogP contribution in [0.2, 0.25) is 0 Å². The lowest BCUT2D eigenvalue weighted by molar-refractivity contribution is -0.385. The summed E-state index contributed by atoms with van der Waals surface area (Å²) in [6.45, 7) is 0.412. The third-order valence-electron chi connectivity index (χ3n) is 4.63. The molecule has 4 nitrogen and oxygen atoms in total. The van der Waals surface area contributed by atoms with Crippen molar-refractivity contribution in [2.75, 3.05) is 0 Å². The van der Waals surface area contributed by atoms with Crippen molar-refractivity contribution < 1.29 is 9.66 Å². The summed E-state index contributed by atoms with van der Waals surface area (Å²) in [4.78, 5) is 11.0. The molecule has 1 aliphatic rings. The fourth-order valence-corrected chi connectivity index (χ4v) is 4.82. The van der Waals surface area contributed by atoms with Gasteiger partial charge in [0.2, 0.25) is 0 Å². The molecule has 132 valence electrons. The topological polar surface area (TPSA) is 52.4 Å². The van der Waals surface area contributed by atoms with Crippen molar-refractivity contribution in [3.8, 4) is 5.75 Å². The molecule has 0 unspecified atom stereocenters. The van der Waals surface area contributed by atoms with Gasteiger partial charge in [-0.3, -0.25) is 10.1 Å². The van der Waals surface area contributed by atoms with Crippen molar-refractivity contribution >= 4 is 44.2 Å². The van der Waals surface area contributed by atoms with Gasteiger partial charge in [0, 0.05) is 9.13 Å². The summed E-state index contributed by atoms with van der Waals surface area (Å²) in [7, 11) is 0. The van der Waals surface area contributed by atoms with Gasteiger partial charge in [0.15, 0.2) is 0 Å². The molecule has 25 heavy (non-hydrogen) atoms. The minimum Gasteiger partial charge on any atom is -0.488 e. The largest absolute Gasteiger partial charge is 0.488 e. The van der Waals surface area contributed by atoms with Crippen LogP contribution in [0.15, 0.2) is 40.9 Å². The summed E-state index contributed by atoms with van der Waals surface area (Å²) < 4.78 is 7.54. The molecule has 1 fully saturated rings. The molecule has 1 aliphatic carbocycles. The lowest BCUT2D eigenvalue weighted by Crippen LogP contribution is -2.10. The normalized spacial score (nSPS) is 15.1. The molecule has 0 bridgehead atoms. The van der Waals surface area contributed by atoms with Crippen LogP contribution < -0.4 is 4.74 Å². The minimum atomic E-state index is -0.355. The van der Waals surface area contributed by atoms with Crippen LogP contribution in [0, 0.1) is 13.7 Å². The van der Waals surface area contributed by atoms with Crippen LogP contribution in [0.25, 0.3) is 0 Å². The minimum absolute atomic E-state index is 0.0621. The van der Waals surface area contributed by atoms with E-state index in [-0.39, 0.29) is 10.6 Å². The SMILES string of the molecule is O=[N+]([O-])c1cc(OCc2ccccc2)c(C2CCCCC2)c(I)c1Br. The van der Waals surface area contributed by atoms with Gasteiger partial charge >= 0.3 is 0 Å². The standard InChI is InChI=1S/C19H19BrINO3/c20-18-15(22(23)24)11-16(25-12-13-7-3-1-4-8-13)17(19(18)21)14-9-5-2-6-10-14/h1,3-4,7-8,11,14H,2,5-6,9-10,12H2. The molecule has 3 rings (SSSR count). The maximum atomic E-state index is 11.4. The van der Waals surface area contributed by atoms with E-state index >= 15 is 0 Å². The van der Waals surface area contributed by atoms with Crippen molar-refractivity contribution in [3.05, 3.63) is 65.7 Å². The molecule has 0 radical (unpaired) electrons. The Hall–Kier alpha value is -1.15. The molecular weight excluding hydrogens is 497 g/mol. The molecule has 0 aromatic heterocycles. The van der Waals surface area contributed by atoms with E-state index in [0.717, 1.165) is 27.5 Å². The van der Waals surface area contributed by atoms with Crippen LogP contribution in [-0.2, 0) is 6.61 Å². The third-order valence-corrected chi connectivity index (χ3v) is 7.30. The van der Waals surface area contributed by atoms with Gasteiger partial charge in [-0.25, -0.2) is 0 Å². The summed E-state index contributed by atoms with van der Waals surface area (Å²) in [6.07, 6.45) is 5.90. The number of hydrogen-bond donors (Lipinski definition) is 0.